The van der Waals surface area contributed by atoms with Crippen molar-refractivity contribution >= 4 is 27.6 Å². The number of nitrogens with zero attached hydrogens (tertiary/aromatic N) is 1. The maximum Gasteiger partial charge on any atom is 0.322 e. The molecule has 1 aliphatic rings. The average molecular weight is 255 g/mol. The average Bonchev–Trinajstić information content (AvgIpc) is 2.46. The summed E-state index contributed by atoms with van der Waals surface area (Å²) < 4.78 is 0.988. The molecule has 1 atom stereocenters. The van der Waals surface area contributed by atoms with E-state index in [1.807, 2.05) is 31.2 Å². The first-order valence-corrected chi connectivity index (χ1v) is 5.30. The Hall–Kier alpha value is -1.03. The van der Waals surface area contributed by atoms with Crippen LogP contribution < -0.4 is 10.2 Å². The molecule has 4 heteroatoms. The number of carbonyl (C=O) groups is 1. The molecule has 1 aromatic rings. The van der Waals surface area contributed by atoms with E-state index in [4.69, 9.17) is 0 Å². The second kappa shape index (κ2) is 3.61. The lowest BCUT2D eigenvalue weighted by molar-refractivity contribution is 0.252. The summed E-state index contributed by atoms with van der Waals surface area (Å²) >= 11 is 3.39. The highest BCUT2D eigenvalue weighted by molar-refractivity contribution is 9.10. The van der Waals surface area contributed by atoms with Gasteiger partial charge in [0.05, 0.1) is 6.04 Å². The molecule has 0 saturated carbocycles. The first-order valence-electron chi connectivity index (χ1n) is 4.51. The third kappa shape index (κ3) is 1.62. The van der Waals surface area contributed by atoms with Gasteiger partial charge in [0.25, 0.3) is 0 Å². The van der Waals surface area contributed by atoms with Crippen molar-refractivity contribution in [1.82, 2.24) is 5.32 Å². The lowest BCUT2D eigenvalue weighted by atomic mass is 10.2. The number of benzene rings is 1. The van der Waals surface area contributed by atoms with Gasteiger partial charge in [0.15, 0.2) is 0 Å². The van der Waals surface area contributed by atoms with Crippen LogP contribution in [0.25, 0.3) is 0 Å². The number of hydrogen-bond donors (Lipinski definition) is 1. The van der Waals surface area contributed by atoms with Gasteiger partial charge in [-0.2, -0.15) is 0 Å². The highest BCUT2D eigenvalue weighted by Gasteiger charge is 2.28. The summed E-state index contributed by atoms with van der Waals surface area (Å²) in [6, 6.07) is 7.96. The quantitative estimate of drug-likeness (QED) is 0.820. The van der Waals surface area contributed by atoms with Crippen molar-refractivity contribution in [1.29, 1.82) is 0 Å². The smallest absolute Gasteiger partial charge is 0.322 e. The summed E-state index contributed by atoms with van der Waals surface area (Å²) in [7, 11) is 0. The van der Waals surface area contributed by atoms with Gasteiger partial charge >= 0.3 is 6.03 Å². The second-order valence-electron chi connectivity index (χ2n) is 3.38. The number of urea groups is 1. The summed E-state index contributed by atoms with van der Waals surface area (Å²) in [5.41, 5.74) is 0.932. The topological polar surface area (TPSA) is 32.3 Å². The van der Waals surface area contributed by atoms with Gasteiger partial charge in [0.2, 0.25) is 0 Å². The van der Waals surface area contributed by atoms with Crippen LogP contribution in [0.4, 0.5) is 10.5 Å². The van der Waals surface area contributed by atoms with Crippen LogP contribution >= 0.6 is 15.9 Å². The monoisotopic (exact) mass is 254 g/mol. The first kappa shape index (κ1) is 9.52. The molecule has 1 N–H and O–H groups in total. The van der Waals surface area contributed by atoms with Gasteiger partial charge in [-0.3, -0.25) is 4.90 Å². The van der Waals surface area contributed by atoms with E-state index in [-0.39, 0.29) is 12.1 Å². The van der Waals surface area contributed by atoms with E-state index in [1.165, 1.54) is 0 Å². The number of rotatable bonds is 1. The zero-order valence-electron chi connectivity index (χ0n) is 7.83. The molecule has 1 heterocycles. The minimum atomic E-state index is -0.0180. The van der Waals surface area contributed by atoms with Crippen LogP contribution in [0.15, 0.2) is 28.7 Å². The summed E-state index contributed by atoms with van der Waals surface area (Å²) in [4.78, 5) is 13.3. The van der Waals surface area contributed by atoms with Gasteiger partial charge in [-0.15, -0.1) is 0 Å². The third-order valence-electron chi connectivity index (χ3n) is 2.29. The van der Waals surface area contributed by atoms with E-state index in [1.54, 1.807) is 4.90 Å². The lowest BCUT2D eigenvalue weighted by Gasteiger charge is -2.19. The molecule has 2 amide bonds. The molecule has 2 rings (SSSR count). The Morgan fingerprint density at radius 3 is 2.93 bits per heavy atom. The van der Waals surface area contributed by atoms with Gasteiger partial charge in [0, 0.05) is 16.7 Å². The van der Waals surface area contributed by atoms with Crippen LogP contribution in [0.3, 0.4) is 0 Å². The molecule has 0 spiro atoms. The fourth-order valence-corrected chi connectivity index (χ4v) is 2.00. The molecule has 0 aliphatic carbocycles. The molecule has 1 saturated heterocycles. The van der Waals surface area contributed by atoms with E-state index in [9.17, 15) is 4.79 Å². The molecular formula is C10H11BrN2O. The zero-order valence-corrected chi connectivity index (χ0v) is 9.41. The molecule has 1 fully saturated rings. The molecule has 14 heavy (non-hydrogen) atoms. The SMILES string of the molecule is CC1CNC(=O)N1c1cccc(Br)c1. The van der Waals surface area contributed by atoms with Crippen molar-refractivity contribution in [2.24, 2.45) is 0 Å². The summed E-state index contributed by atoms with van der Waals surface area (Å²) in [5.74, 6) is 0. The third-order valence-corrected chi connectivity index (χ3v) is 2.79. The number of carbonyl (C=O) groups excluding carboxylic acids is 1. The summed E-state index contributed by atoms with van der Waals surface area (Å²) in [5, 5.41) is 2.81. The van der Waals surface area contributed by atoms with Crippen molar-refractivity contribution in [3.63, 3.8) is 0 Å². The standard InChI is InChI=1S/C10H11BrN2O/c1-7-6-12-10(14)13(7)9-4-2-3-8(11)5-9/h2-5,7H,6H2,1H3,(H,12,14). The molecule has 3 nitrogen and oxygen atoms in total. The van der Waals surface area contributed by atoms with Crippen molar-refractivity contribution < 1.29 is 4.79 Å². The Morgan fingerprint density at radius 2 is 2.36 bits per heavy atom. The van der Waals surface area contributed by atoms with E-state index < -0.39 is 0 Å². The highest BCUT2D eigenvalue weighted by atomic mass is 79.9. The first-order chi connectivity index (χ1) is 6.68. The van der Waals surface area contributed by atoms with Gasteiger partial charge in [0.1, 0.15) is 0 Å². The predicted octanol–water partition coefficient (Wildman–Crippen LogP) is 2.37. The minimum absolute atomic E-state index is 0.0180. The molecule has 1 aromatic carbocycles. The van der Waals surface area contributed by atoms with E-state index in [2.05, 4.69) is 21.2 Å². The highest BCUT2D eigenvalue weighted by Crippen LogP contribution is 2.23. The Balaban J connectivity index is 2.34. The molecule has 0 radical (unpaired) electrons. The number of nitrogens with one attached hydrogen (secondary N) is 1. The zero-order chi connectivity index (χ0) is 10.1. The van der Waals surface area contributed by atoms with Crippen LogP contribution in [0.2, 0.25) is 0 Å². The lowest BCUT2D eigenvalue weighted by Crippen LogP contribution is -2.32. The fraction of sp³-hybridized carbons (Fsp3) is 0.300. The Bertz CT molecular complexity index is 367. The Morgan fingerprint density at radius 1 is 1.57 bits per heavy atom. The maximum absolute atomic E-state index is 11.5. The summed E-state index contributed by atoms with van der Waals surface area (Å²) in [6.07, 6.45) is 0. The molecule has 74 valence electrons. The van der Waals surface area contributed by atoms with E-state index in [0.717, 1.165) is 10.2 Å². The Kier molecular flexibility index (Phi) is 2.46. The number of anilines is 1. The van der Waals surface area contributed by atoms with Crippen LogP contribution in [-0.2, 0) is 0 Å². The molecular weight excluding hydrogens is 244 g/mol. The van der Waals surface area contributed by atoms with Crippen LogP contribution in [0.5, 0.6) is 0 Å². The summed E-state index contributed by atoms with van der Waals surface area (Å²) in [6.45, 7) is 2.74. The largest absolute Gasteiger partial charge is 0.336 e. The van der Waals surface area contributed by atoms with Crippen molar-refractivity contribution in [3.8, 4) is 0 Å². The van der Waals surface area contributed by atoms with Crippen LogP contribution in [0.1, 0.15) is 6.92 Å². The van der Waals surface area contributed by atoms with Gasteiger partial charge < -0.3 is 5.32 Å². The molecule has 0 bridgehead atoms. The normalized spacial score (nSPS) is 21.1. The predicted molar refractivity (Wildman–Crippen MR) is 59.5 cm³/mol. The van der Waals surface area contributed by atoms with E-state index >= 15 is 0 Å². The van der Waals surface area contributed by atoms with Gasteiger partial charge in [-0.05, 0) is 25.1 Å². The van der Waals surface area contributed by atoms with Crippen LogP contribution in [0, 0.1) is 0 Å². The van der Waals surface area contributed by atoms with Crippen LogP contribution in [-0.4, -0.2) is 18.6 Å². The van der Waals surface area contributed by atoms with Gasteiger partial charge in [-0.1, -0.05) is 22.0 Å². The molecule has 1 unspecified atom stereocenters. The van der Waals surface area contributed by atoms with Gasteiger partial charge in [-0.25, -0.2) is 4.79 Å². The number of amides is 2. The maximum atomic E-state index is 11.5. The number of hydrogen-bond acceptors (Lipinski definition) is 1. The number of halogens is 1. The van der Waals surface area contributed by atoms with Crippen molar-refractivity contribution in [2.75, 3.05) is 11.4 Å². The fourth-order valence-electron chi connectivity index (χ4n) is 1.61. The second-order valence-corrected chi connectivity index (χ2v) is 4.30. The Labute approximate surface area is 91.2 Å². The molecule has 0 aromatic heterocycles. The molecule has 1 aliphatic heterocycles. The van der Waals surface area contributed by atoms with E-state index in [0.29, 0.717) is 6.54 Å². The van der Waals surface area contributed by atoms with Crippen molar-refractivity contribution in [3.05, 3.63) is 28.7 Å². The van der Waals surface area contributed by atoms with Crippen molar-refractivity contribution in [2.45, 2.75) is 13.0 Å². The minimum Gasteiger partial charge on any atom is -0.336 e.